The molecule has 0 saturated carbocycles. The average molecular weight is 645 g/mol. The van der Waals surface area contributed by atoms with Gasteiger partial charge in [0.25, 0.3) is 0 Å². The Kier molecular flexibility index (Phi) is 10.4. The maximum Gasteiger partial charge on any atom is 0.135 e. The summed E-state index contributed by atoms with van der Waals surface area (Å²) in [6, 6.07) is 21.1. The number of rotatable bonds is 4. The first kappa shape index (κ1) is 34.0. The number of nitrogens with zero attached hydrogens (tertiary/aromatic N) is 4. The molecule has 1 atom stereocenters. The number of ether oxygens (including phenoxy) is 1. The second-order valence-corrected chi connectivity index (χ2v) is 14.1. The Balaban J connectivity index is 0.000000168. The van der Waals surface area contributed by atoms with Crippen LogP contribution in [0.1, 0.15) is 82.9 Å². The second-order valence-electron chi connectivity index (χ2n) is 14.1. The Morgan fingerprint density at radius 1 is 0.833 bits per heavy atom. The zero-order chi connectivity index (χ0) is 33.8. The number of likely N-dealkylation sites (tertiary alicyclic amines) is 2. The average Bonchev–Trinajstić information content (AvgIpc) is 3.25. The van der Waals surface area contributed by atoms with E-state index in [0.717, 1.165) is 92.1 Å². The molecule has 0 radical (unpaired) electrons. The van der Waals surface area contributed by atoms with E-state index in [0.29, 0.717) is 6.61 Å². The highest BCUT2D eigenvalue weighted by Gasteiger charge is 2.44. The summed E-state index contributed by atoms with van der Waals surface area (Å²) in [5.74, 6) is 1.18. The molecule has 4 aromatic rings. The SMILES string of the molecule is CCc1cccnc1C(O)(c1ccc(C)cc1C)C1CCN(C)CC1.Cc1ccc2c(c1)OCc1cccnc1C2=C1CCN(C)CC1. The van der Waals surface area contributed by atoms with E-state index in [4.69, 9.17) is 14.7 Å². The summed E-state index contributed by atoms with van der Waals surface area (Å²) in [5, 5.41) is 12.2. The minimum atomic E-state index is -1.02. The quantitative estimate of drug-likeness (QED) is 0.246. The lowest BCUT2D eigenvalue weighted by Gasteiger charge is -2.42. The minimum Gasteiger partial charge on any atom is -0.488 e. The fraction of sp³-hybridized carbons (Fsp3) is 0.429. The second kappa shape index (κ2) is 14.7. The van der Waals surface area contributed by atoms with E-state index in [-0.39, 0.29) is 5.92 Å². The Labute approximate surface area is 287 Å². The number of benzene rings is 2. The lowest BCUT2D eigenvalue weighted by molar-refractivity contribution is -0.0154. The number of piperidine rings is 2. The van der Waals surface area contributed by atoms with Gasteiger partial charge < -0.3 is 19.6 Å². The highest BCUT2D eigenvalue weighted by Crippen LogP contribution is 2.44. The molecule has 2 aromatic heterocycles. The van der Waals surface area contributed by atoms with Crippen LogP contribution in [-0.4, -0.2) is 65.1 Å². The lowest BCUT2D eigenvalue weighted by atomic mass is 9.71. The van der Waals surface area contributed by atoms with Crippen molar-refractivity contribution in [1.29, 1.82) is 0 Å². The number of aliphatic hydroxyl groups is 1. The molecule has 7 rings (SSSR count). The molecule has 3 aliphatic rings. The molecule has 1 unspecified atom stereocenters. The number of pyridine rings is 2. The summed E-state index contributed by atoms with van der Waals surface area (Å²) in [6.45, 7) is 13.3. The number of hydrogen-bond donors (Lipinski definition) is 1. The van der Waals surface area contributed by atoms with Crippen LogP contribution in [0.15, 0.2) is 78.6 Å². The first-order valence-electron chi connectivity index (χ1n) is 17.7. The molecule has 1 N–H and O–H groups in total. The van der Waals surface area contributed by atoms with Gasteiger partial charge in [-0.15, -0.1) is 0 Å². The van der Waals surface area contributed by atoms with Gasteiger partial charge in [-0.25, -0.2) is 0 Å². The van der Waals surface area contributed by atoms with Crippen LogP contribution in [0, 0.1) is 26.7 Å². The van der Waals surface area contributed by atoms with Crippen molar-refractivity contribution in [2.45, 2.75) is 72.0 Å². The summed E-state index contributed by atoms with van der Waals surface area (Å²) in [7, 11) is 4.35. The van der Waals surface area contributed by atoms with E-state index in [1.807, 2.05) is 24.5 Å². The van der Waals surface area contributed by atoms with E-state index in [9.17, 15) is 5.11 Å². The van der Waals surface area contributed by atoms with Gasteiger partial charge in [-0.1, -0.05) is 60.5 Å². The van der Waals surface area contributed by atoms with Crippen LogP contribution in [0.4, 0.5) is 0 Å². The molecule has 6 nitrogen and oxygen atoms in total. The maximum atomic E-state index is 12.2. The highest BCUT2D eigenvalue weighted by atomic mass is 16.5. The van der Waals surface area contributed by atoms with Crippen LogP contribution in [0.3, 0.4) is 0 Å². The number of fused-ring (bicyclic) bond motifs is 2. The third kappa shape index (κ3) is 6.98. The highest BCUT2D eigenvalue weighted by molar-refractivity contribution is 5.85. The van der Waals surface area contributed by atoms with Gasteiger partial charge in [-0.3, -0.25) is 9.97 Å². The normalized spacial score (nSPS) is 18.5. The van der Waals surface area contributed by atoms with Crippen molar-refractivity contribution >= 4 is 5.57 Å². The Morgan fingerprint density at radius 3 is 2.23 bits per heavy atom. The van der Waals surface area contributed by atoms with Gasteiger partial charge in [-0.2, -0.15) is 0 Å². The van der Waals surface area contributed by atoms with Gasteiger partial charge in [-0.05, 0) is 121 Å². The van der Waals surface area contributed by atoms with Gasteiger partial charge in [0.15, 0.2) is 0 Å². The van der Waals surface area contributed by atoms with Crippen molar-refractivity contribution in [3.05, 3.63) is 129 Å². The van der Waals surface area contributed by atoms with Gasteiger partial charge >= 0.3 is 0 Å². The Hall–Kier alpha value is -3.84. The molecule has 0 amide bonds. The lowest BCUT2D eigenvalue weighted by Crippen LogP contribution is -2.44. The summed E-state index contributed by atoms with van der Waals surface area (Å²) < 4.78 is 6.11. The topological polar surface area (TPSA) is 61.7 Å². The monoisotopic (exact) mass is 644 g/mol. The summed E-state index contributed by atoms with van der Waals surface area (Å²) in [4.78, 5) is 14.2. The van der Waals surface area contributed by atoms with Crippen LogP contribution < -0.4 is 4.74 Å². The van der Waals surface area contributed by atoms with Crippen LogP contribution >= 0.6 is 0 Å². The molecular weight excluding hydrogens is 592 g/mol. The molecular formula is C42H52N4O2. The van der Waals surface area contributed by atoms with Crippen molar-refractivity contribution in [1.82, 2.24) is 19.8 Å². The largest absolute Gasteiger partial charge is 0.488 e. The van der Waals surface area contributed by atoms with Gasteiger partial charge in [0, 0.05) is 48.1 Å². The van der Waals surface area contributed by atoms with E-state index in [1.54, 1.807) is 0 Å². The molecule has 2 fully saturated rings. The van der Waals surface area contributed by atoms with Crippen LogP contribution in [0.2, 0.25) is 0 Å². The molecule has 2 aromatic carbocycles. The molecule has 252 valence electrons. The first-order chi connectivity index (χ1) is 23.2. The van der Waals surface area contributed by atoms with E-state index in [1.165, 1.54) is 33.4 Å². The smallest absolute Gasteiger partial charge is 0.135 e. The van der Waals surface area contributed by atoms with Gasteiger partial charge in [0.05, 0.1) is 11.4 Å². The Morgan fingerprint density at radius 2 is 1.50 bits per heavy atom. The third-order valence-electron chi connectivity index (χ3n) is 10.6. The molecule has 0 bridgehead atoms. The number of aromatic nitrogens is 2. The number of hydrogen-bond acceptors (Lipinski definition) is 6. The predicted molar refractivity (Wildman–Crippen MR) is 195 cm³/mol. The standard InChI is InChI=1S/C22H30N2O.C20H22N2O/c1-5-18-7-6-12-23-21(18)22(25,19-10-13-24(4)14-11-19)20-9-8-16(2)15-17(20)3;1-14-5-6-17-18(12-14)23-13-16-4-3-9-21-20(16)19(17)15-7-10-22(2)11-8-15/h6-9,12,15,19,25H,5,10-11,13-14H2,1-4H3;3-6,9,12H,7-8,10-11,13H2,1-2H3. The van der Waals surface area contributed by atoms with E-state index >= 15 is 0 Å². The number of aryl methyl sites for hydroxylation is 4. The molecule has 0 spiro atoms. The molecule has 5 heterocycles. The summed E-state index contributed by atoms with van der Waals surface area (Å²) >= 11 is 0. The maximum absolute atomic E-state index is 12.2. The van der Waals surface area contributed by atoms with Crippen molar-refractivity contribution in [3.63, 3.8) is 0 Å². The van der Waals surface area contributed by atoms with Crippen LogP contribution in [0.5, 0.6) is 5.75 Å². The minimum absolute atomic E-state index is 0.185. The van der Waals surface area contributed by atoms with Gasteiger partial charge in [0.2, 0.25) is 0 Å². The molecule has 0 aliphatic carbocycles. The zero-order valence-electron chi connectivity index (χ0n) is 29.7. The summed E-state index contributed by atoms with van der Waals surface area (Å²) in [5.41, 5.74) is 11.9. The van der Waals surface area contributed by atoms with Crippen molar-refractivity contribution < 1.29 is 9.84 Å². The predicted octanol–water partition coefficient (Wildman–Crippen LogP) is 7.65. The van der Waals surface area contributed by atoms with Crippen molar-refractivity contribution in [2.24, 2.45) is 5.92 Å². The third-order valence-corrected chi connectivity index (χ3v) is 10.6. The van der Waals surface area contributed by atoms with E-state index < -0.39 is 5.60 Å². The Bertz CT molecular complexity index is 1760. The first-order valence-corrected chi connectivity index (χ1v) is 17.7. The molecule has 3 aliphatic heterocycles. The van der Waals surface area contributed by atoms with E-state index in [2.05, 4.69) is 100 Å². The van der Waals surface area contributed by atoms with Crippen molar-refractivity contribution in [3.8, 4) is 5.75 Å². The van der Waals surface area contributed by atoms with Crippen LogP contribution in [-0.2, 0) is 18.6 Å². The fourth-order valence-corrected chi connectivity index (χ4v) is 7.79. The molecule has 6 heteroatoms. The molecule has 2 saturated heterocycles. The fourth-order valence-electron chi connectivity index (χ4n) is 7.79. The van der Waals surface area contributed by atoms with Crippen LogP contribution in [0.25, 0.3) is 5.57 Å². The van der Waals surface area contributed by atoms with Crippen molar-refractivity contribution in [2.75, 3.05) is 40.3 Å². The summed E-state index contributed by atoms with van der Waals surface area (Å²) in [6.07, 6.45) is 8.78. The zero-order valence-corrected chi connectivity index (χ0v) is 29.7. The van der Waals surface area contributed by atoms with Gasteiger partial charge in [0.1, 0.15) is 18.0 Å². The molecule has 48 heavy (non-hydrogen) atoms.